The summed E-state index contributed by atoms with van der Waals surface area (Å²) in [6.07, 6.45) is 1.05. The molecule has 0 radical (unpaired) electrons. The van der Waals surface area contributed by atoms with E-state index in [2.05, 4.69) is 10.2 Å². The molecule has 4 rings (SSSR count). The summed E-state index contributed by atoms with van der Waals surface area (Å²) in [5.41, 5.74) is 0.944. The van der Waals surface area contributed by atoms with Gasteiger partial charge in [0.15, 0.2) is 0 Å². The Kier molecular flexibility index (Phi) is 6.93. The Balaban J connectivity index is 1.53. The van der Waals surface area contributed by atoms with Crippen molar-refractivity contribution >= 4 is 11.8 Å². The van der Waals surface area contributed by atoms with Crippen LogP contribution in [0.2, 0.25) is 0 Å². The molecular weight excluding hydrogens is 428 g/mol. The molecule has 33 heavy (non-hydrogen) atoms. The van der Waals surface area contributed by atoms with Crippen molar-refractivity contribution in [2.24, 2.45) is 5.92 Å². The number of benzene rings is 2. The van der Waals surface area contributed by atoms with Crippen molar-refractivity contribution in [1.29, 1.82) is 0 Å². The molecule has 176 valence electrons. The number of hydrogen-bond donors (Lipinski definition) is 1. The zero-order chi connectivity index (χ0) is 23.5. The molecule has 0 aromatic heterocycles. The summed E-state index contributed by atoms with van der Waals surface area (Å²) >= 11 is 0. The Hall–Kier alpha value is -3.00. The summed E-state index contributed by atoms with van der Waals surface area (Å²) in [6, 6.07) is 10.1. The number of carbonyl (C=O) groups excluding carboxylic acids is 2. The van der Waals surface area contributed by atoms with Crippen molar-refractivity contribution in [3.05, 3.63) is 65.2 Å². The Morgan fingerprint density at radius 3 is 2.21 bits per heavy atom. The first-order chi connectivity index (χ1) is 15.8. The quantitative estimate of drug-likeness (QED) is 0.750. The summed E-state index contributed by atoms with van der Waals surface area (Å²) in [6.45, 7) is 3.02. The number of nitrogens with one attached hydrogen (secondary N) is 1. The molecule has 2 aliphatic rings. The molecule has 2 aromatic rings. The molecule has 3 atom stereocenters. The lowest BCUT2D eigenvalue weighted by molar-refractivity contribution is -0.137. The third-order valence-corrected chi connectivity index (χ3v) is 6.70. The van der Waals surface area contributed by atoms with E-state index in [0.29, 0.717) is 25.9 Å². The van der Waals surface area contributed by atoms with Gasteiger partial charge < -0.3 is 19.9 Å². The van der Waals surface area contributed by atoms with Crippen LogP contribution in [-0.4, -0.2) is 68.0 Å². The minimum absolute atomic E-state index is 0.0673. The van der Waals surface area contributed by atoms with E-state index < -0.39 is 17.5 Å². The molecule has 1 aliphatic carbocycles. The number of ether oxygens (including phenoxy) is 1. The van der Waals surface area contributed by atoms with Crippen LogP contribution in [0.4, 0.5) is 8.78 Å². The van der Waals surface area contributed by atoms with Crippen molar-refractivity contribution in [2.75, 3.05) is 40.3 Å². The smallest absolute Gasteiger partial charge is 0.251 e. The topological polar surface area (TPSA) is 61.9 Å². The standard InChI is InChI=1S/C25H29F2N3O3/c1-29-7-9-30(10-8-29)25(32)23-15-20(14-22(23)16-3-5-21(33-2)6-4-16)28-24(31)17-11-18(26)13-19(27)12-17/h3-6,11-13,20,22-23H,7-10,14-15H2,1-2H3,(H,28,31)/t20-,22+,23-/m0/s1. The lowest BCUT2D eigenvalue weighted by Gasteiger charge is -2.35. The highest BCUT2D eigenvalue weighted by Crippen LogP contribution is 2.41. The lowest BCUT2D eigenvalue weighted by atomic mass is 9.87. The van der Waals surface area contributed by atoms with E-state index in [1.54, 1.807) is 7.11 Å². The fourth-order valence-corrected chi connectivity index (χ4v) is 4.86. The van der Waals surface area contributed by atoms with E-state index in [0.717, 1.165) is 42.6 Å². The maximum Gasteiger partial charge on any atom is 0.251 e. The number of halogens is 2. The van der Waals surface area contributed by atoms with Crippen LogP contribution in [0.15, 0.2) is 42.5 Å². The highest BCUT2D eigenvalue weighted by atomic mass is 19.1. The predicted molar refractivity (Wildman–Crippen MR) is 120 cm³/mol. The SMILES string of the molecule is COc1ccc([C@H]2C[C@H](NC(=O)c3cc(F)cc(F)c3)C[C@@H]2C(=O)N2CCN(C)CC2)cc1. The summed E-state index contributed by atoms with van der Waals surface area (Å²) in [5.74, 6) is -1.67. The second-order valence-corrected chi connectivity index (χ2v) is 8.91. The fraction of sp³-hybridized carbons (Fsp3) is 0.440. The highest BCUT2D eigenvalue weighted by molar-refractivity contribution is 5.94. The van der Waals surface area contributed by atoms with Gasteiger partial charge in [0.1, 0.15) is 17.4 Å². The zero-order valence-corrected chi connectivity index (χ0v) is 18.9. The minimum atomic E-state index is -0.800. The molecule has 8 heteroatoms. The van der Waals surface area contributed by atoms with Crippen LogP contribution in [0, 0.1) is 17.6 Å². The maximum atomic E-state index is 13.6. The van der Waals surface area contributed by atoms with Crippen molar-refractivity contribution in [3.63, 3.8) is 0 Å². The fourth-order valence-electron chi connectivity index (χ4n) is 4.86. The largest absolute Gasteiger partial charge is 0.497 e. The van der Waals surface area contributed by atoms with Gasteiger partial charge in [-0.05, 0) is 55.6 Å². The van der Waals surface area contributed by atoms with Crippen LogP contribution < -0.4 is 10.1 Å². The molecule has 0 spiro atoms. The molecule has 6 nitrogen and oxygen atoms in total. The third kappa shape index (κ3) is 5.33. The first-order valence-corrected chi connectivity index (χ1v) is 11.2. The van der Waals surface area contributed by atoms with Crippen molar-refractivity contribution in [2.45, 2.75) is 24.8 Å². The molecule has 0 bridgehead atoms. The number of methoxy groups -OCH3 is 1. The van der Waals surface area contributed by atoms with Gasteiger partial charge in [0.05, 0.1) is 7.11 Å². The first-order valence-electron chi connectivity index (χ1n) is 11.2. The Labute approximate surface area is 192 Å². The Morgan fingerprint density at radius 2 is 1.61 bits per heavy atom. The van der Waals surface area contributed by atoms with Crippen LogP contribution in [0.1, 0.15) is 34.7 Å². The maximum absolute atomic E-state index is 13.6. The Morgan fingerprint density at radius 1 is 0.970 bits per heavy atom. The van der Waals surface area contributed by atoms with E-state index in [-0.39, 0.29) is 29.3 Å². The van der Waals surface area contributed by atoms with Gasteiger partial charge in [-0.25, -0.2) is 8.78 Å². The van der Waals surface area contributed by atoms with E-state index in [1.807, 2.05) is 36.2 Å². The molecular formula is C25H29F2N3O3. The second-order valence-electron chi connectivity index (χ2n) is 8.91. The monoisotopic (exact) mass is 457 g/mol. The number of hydrogen-bond acceptors (Lipinski definition) is 4. The van der Waals surface area contributed by atoms with Gasteiger partial charge in [0, 0.05) is 49.8 Å². The summed E-state index contributed by atoms with van der Waals surface area (Å²) in [5, 5.41) is 2.89. The van der Waals surface area contributed by atoms with Gasteiger partial charge in [0.2, 0.25) is 5.91 Å². The number of piperazine rings is 1. The molecule has 1 aliphatic heterocycles. The van der Waals surface area contributed by atoms with Gasteiger partial charge in [-0.15, -0.1) is 0 Å². The van der Waals surface area contributed by atoms with Crippen LogP contribution in [0.25, 0.3) is 0 Å². The average molecular weight is 458 g/mol. The number of likely N-dealkylation sites (N-methyl/N-ethyl adjacent to an activating group) is 1. The minimum Gasteiger partial charge on any atom is -0.497 e. The van der Waals surface area contributed by atoms with Crippen molar-refractivity contribution < 1.29 is 23.1 Å². The average Bonchev–Trinajstić information content (AvgIpc) is 3.22. The number of amides is 2. The van der Waals surface area contributed by atoms with Gasteiger partial charge >= 0.3 is 0 Å². The van der Waals surface area contributed by atoms with Crippen LogP contribution in [0.5, 0.6) is 5.75 Å². The van der Waals surface area contributed by atoms with Crippen LogP contribution >= 0.6 is 0 Å². The molecule has 1 saturated carbocycles. The molecule has 1 saturated heterocycles. The van der Waals surface area contributed by atoms with Crippen LogP contribution in [0.3, 0.4) is 0 Å². The van der Waals surface area contributed by atoms with Crippen LogP contribution in [-0.2, 0) is 4.79 Å². The van der Waals surface area contributed by atoms with Gasteiger partial charge in [-0.3, -0.25) is 9.59 Å². The summed E-state index contributed by atoms with van der Waals surface area (Å²) in [7, 11) is 3.64. The zero-order valence-electron chi connectivity index (χ0n) is 18.9. The van der Waals surface area contributed by atoms with E-state index in [9.17, 15) is 18.4 Å². The normalized spacial score (nSPS) is 23.4. The molecule has 2 fully saturated rings. The van der Waals surface area contributed by atoms with Crippen molar-refractivity contribution in [3.8, 4) is 5.75 Å². The van der Waals surface area contributed by atoms with Gasteiger partial charge in [-0.1, -0.05) is 12.1 Å². The summed E-state index contributed by atoms with van der Waals surface area (Å²) < 4.78 is 32.4. The Bertz CT molecular complexity index is 986. The van der Waals surface area contributed by atoms with Gasteiger partial charge in [-0.2, -0.15) is 0 Å². The highest BCUT2D eigenvalue weighted by Gasteiger charge is 2.42. The summed E-state index contributed by atoms with van der Waals surface area (Å²) in [4.78, 5) is 30.3. The number of nitrogens with zero attached hydrogens (tertiary/aromatic N) is 2. The first kappa shape index (κ1) is 23.2. The van der Waals surface area contributed by atoms with E-state index in [4.69, 9.17) is 4.74 Å². The molecule has 1 heterocycles. The lowest BCUT2D eigenvalue weighted by Crippen LogP contribution is -2.49. The molecule has 2 amide bonds. The predicted octanol–water partition coefficient (Wildman–Crippen LogP) is 3.04. The van der Waals surface area contributed by atoms with Gasteiger partial charge in [0.25, 0.3) is 5.91 Å². The number of rotatable bonds is 5. The number of carbonyl (C=O) groups is 2. The third-order valence-electron chi connectivity index (χ3n) is 6.70. The molecule has 1 N–H and O–H groups in total. The van der Waals surface area contributed by atoms with E-state index in [1.165, 1.54) is 0 Å². The van der Waals surface area contributed by atoms with E-state index >= 15 is 0 Å². The molecule has 2 aromatic carbocycles. The molecule has 0 unspecified atom stereocenters. The van der Waals surface area contributed by atoms with Crippen molar-refractivity contribution in [1.82, 2.24) is 15.1 Å². The second kappa shape index (κ2) is 9.87.